The van der Waals surface area contributed by atoms with Gasteiger partial charge in [0, 0.05) is 5.02 Å². The van der Waals surface area contributed by atoms with Crippen molar-refractivity contribution in [1.82, 2.24) is 4.72 Å². The van der Waals surface area contributed by atoms with E-state index >= 15 is 0 Å². The SMILES string of the molecule is COC(=O)[C@H](CC(C)C)NS(=O)(=O)c1ccc(Cl)cc1C(F)(F)F. The lowest BCUT2D eigenvalue weighted by molar-refractivity contribution is -0.143. The van der Waals surface area contributed by atoms with E-state index in [2.05, 4.69) is 4.74 Å². The third-order valence-electron chi connectivity index (χ3n) is 3.03. The molecule has 0 spiro atoms. The maximum absolute atomic E-state index is 13.1. The molecule has 0 radical (unpaired) electrons. The number of benzene rings is 1. The number of methoxy groups -OCH3 is 1. The molecule has 0 saturated heterocycles. The summed E-state index contributed by atoms with van der Waals surface area (Å²) in [7, 11) is -3.56. The molecule has 0 aliphatic heterocycles. The quantitative estimate of drug-likeness (QED) is 0.761. The van der Waals surface area contributed by atoms with Gasteiger partial charge in [-0.2, -0.15) is 17.9 Å². The molecule has 5 nitrogen and oxygen atoms in total. The fourth-order valence-electron chi connectivity index (χ4n) is 2.01. The van der Waals surface area contributed by atoms with Crippen LogP contribution in [-0.2, 0) is 25.7 Å². The second kappa shape index (κ2) is 7.71. The minimum absolute atomic E-state index is 0.0703. The summed E-state index contributed by atoms with van der Waals surface area (Å²) in [5.74, 6) is -0.973. The monoisotopic (exact) mass is 387 g/mol. The van der Waals surface area contributed by atoms with E-state index in [0.29, 0.717) is 6.07 Å². The highest BCUT2D eigenvalue weighted by atomic mass is 35.5. The third kappa shape index (κ3) is 5.35. The Bertz CT molecular complexity index is 704. The highest BCUT2D eigenvalue weighted by Crippen LogP contribution is 2.35. The number of halogens is 4. The molecule has 0 saturated carbocycles. The van der Waals surface area contributed by atoms with Crippen molar-refractivity contribution in [2.75, 3.05) is 7.11 Å². The Hall–Kier alpha value is -1.32. The summed E-state index contributed by atoms with van der Waals surface area (Å²) < 4.78 is 70.5. The average molecular weight is 388 g/mol. The molecule has 0 unspecified atom stereocenters. The van der Waals surface area contributed by atoms with Crippen LogP contribution in [0.25, 0.3) is 0 Å². The Kier molecular flexibility index (Phi) is 6.66. The van der Waals surface area contributed by atoms with E-state index in [1.54, 1.807) is 13.8 Å². The molecule has 0 aromatic heterocycles. The van der Waals surface area contributed by atoms with Gasteiger partial charge in [0.2, 0.25) is 10.0 Å². The summed E-state index contributed by atoms with van der Waals surface area (Å²) in [4.78, 5) is 10.7. The number of rotatable bonds is 6. The van der Waals surface area contributed by atoms with E-state index < -0.39 is 38.7 Å². The number of hydrogen-bond acceptors (Lipinski definition) is 4. The van der Waals surface area contributed by atoms with Gasteiger partial charge in [-0.1, -0.05) is 25.4 Å². The van der Waals surface area contributed by atoms with Crippen molar-refractivity contribution in [3.63, 3.8) is 0 Å². The van der Waals surface area contributed by atoms with E-state index in [1.165, 1.54) is 0 Å². The first-order valence-electron chi connectivity index (χ1n) is 6.85. The first-order valence-corrected chi connectivity index (χ1v) is 8.71. The first kappa shape index (κ1) is 20.7. The summed E-state index contributed by atoms with van der Waals surface area (Å²) >= 11 is 5.53. The van der Waals surface area contributed by atoms with Gasteiger partial charge >= 0.3 is 12.1 Å². The molecule has 1 N–H and O–H groups in total. The predicted octanol–water partition coefficient (Wildman–Crippen LogP) is 3.22. The summed E-state index contributed by atoms with van der Waals surface area (Å²) in [5.41, 5.74) is -1.41. The average Bonchev–Trinajstić information content (AvgIpc) is 2.43. The highest BCUT2D eigenvalue weighted by molar-refractivity contribution is 7.89. The number of ether oxygens (including phenoxy) is 1. The van der Waals surface area contributed by atoms with Crippen molar-refractivity contribution in [3.05, 3.63) is 28.8 Å². The lowest BCUT2D eigenvalue weighted by Crippen LogP contribution is -2.42. The van der Waals surface area contributed by atoms with Gasteiger partial charge < -0.3 is 4.74 Å². The second-order valence-electron chi connectivity index (χ2n) is 5.46. The molecule has 1 rings (SSSR count). The van der Waals surface area contributed by atoms with E-state index in [-0.39, 0.29) is 17.4 Å². The zero-order valence-electron chi connectivity index (χ0n) is 13.1. The Morgan fingerprint density at radius 2 is 1.92 bits per heavy atom. The lowest BCUT2D eigenvalue weighted by Gasteiger charge is -2.20. The normalized spacial score (nSPS) is 13.8. The van der Waals surface area contributed by atoms with Crippen molar-refractivity contribution in [3.8, 4) is 0 Å². The van der Waals surface area contributed by atoms with Gasteiger partial charge in [0.1, 0.15) is 6.04 Å². The number of hydrogen-bond donors (Lipinski definition) is 1. The molecule has 0 fully saturated rings. The van der Waals surface area contributed by atoms with E-state index in [4.69, 9.17) is 11.6 Å². The molecule has 1 atom stereocenters. The van der Waals surface area contributed by atoms with Gasteiger partial charge in [0.15, 0.2) is 0 Å². The van der Waals surface area contributed by atoms with Crippen LogP contribution in [0.3, 0.4) is 0 Å². The van der Waals surface area contributed by atoms with Crippen LogP contribution in [0, 0.1) is 5.92 Å². The molecule has 0 aliphatic carbocycles. The van der Waals surface area contributed by atoms with Crippen LogP contribution in [0.15, 0.2) is 23.1 Å². The van der Waals surface area contributed by atoms with Crippen LogP contribution in [0.5, 0.6) is 0 Å². The van der Waals surface area contributed by atoms with Crippen LogP contribution in [0.4, 0.5) is 13.2 Å². The number of nitrogens with one attached hydrogen (secondary N) is 1. The summed E-state index contributed by atoms with van der Waals surface area (Å²) in [6.07, 6.45) is -4.85. The molecule has 24 heavy (non-hydrogen) atoms. The van der Waals surface area contributed by atoms with Gasteiger partial charge in [-0.3, -0.25) is 4.79 Å². The maximum Gasteiger partial charge on any atom is 0.417 e. The number of esters is 1. The molecule has 0 heterocycles. The second-order valence-corrected chi connectivity index (χ2v) is 7.58. The Balaban J connectivity index is 3.31. The smallest absolute Gasteiger partial charge is 0.417 e. The van der Waals surface area contributed by atoms with E-state index in [9.17, 15) is 26.4 Å². The van der Waals surface area contributed by atoms with E-state index in [0.717, 1.165) is 19.2 Å². The number of sulfonamides is 1. The molecule has 1 aromatic carbocycles. The zero-order chi connectivity index (χ0) is 18.7. The number of carbonyl (C=O) groups is 1. The van der Waals surface area contributed by atoms with Crippen LogP contribution in [-0.4, -0.2) is 27.5 Å². The summed E-state index contributed by atoms with van der Waals surface area (Å²) in [5, 5.41) is -0.257. The third-order valence-corrected chi connectivity index (χ3v) is 4.79. The van der Waals surface area contributed by atoms with Crippen LogP contribution in [0.2, 0.25) is 5.02 Å². The summed E-state index contributed by atoms with van der Waals surface area (Å²) in [6, 6.07) is 1.00. The predicted molar refractivity (Wildman–Crippen MR) is 82.0 cm³/mol. The fourth-order valence-corrected chi connectivity index (χ4v) is 3.59. The lowest BCUT2D eigenvalue weighted by atomic mass is 10.1. The topological polar surface area (TPSA) is 72.5 Å². The van der Waals surface area contributed by atoms with E-state index in [1.807, 2.05) is 4.72 Å². The Morgan fingerprint density at radius 3 is 2.38 bits per heavy atom. The first-order chi connectivity index (χ1) is 10.9. The molecule has 10 heteroatoms. The van der Waals surface area contributed by atoms with Gasteiger partial charge in [0.25, 0.3) is 0 Å². The Labute approximate surface area is 143 Å². The van der Waals surface area contributed by atoms with Crippen molar-refractivity contribution >= 4 is 27.6 Å². The minimum atomic E-state index is -4.92. The van der Waals surface area contributed by atoms with Crippen molar-refractivity contribution in [2.24, 2.45) is 5.92 Å². The Morgan fingerprint density at radius 1 is 1.33 bits per heavy atom. The molecule has 0 aliphatic rings. The van der Waals surface area contributed by atoms with Gasteiger partial charge in [-0.25, -0.2) is 8.42 Å². The van der Waals surface area contributed by atoms with Gasteiger partial charge in [-0.05, 0) is 30.5 Å². The number of carbonyl (C=O) groups excluding carboxylic acids is 1. The molecule has 1 aromatic rings. The molecule has 0 amide bonds. The van der Waals surface area contributed by atoms with Crippen molar-refractivity contribution in [1.29, 1.82) is 0 Å². The molecular formula is C14H17ClF3NO4S. The standard InChI is InChI=1S/C14H17ClF3NO4S/c1-8(2)6-11(13(20)23-3)19-24(21,22)12-5-4-9(15)7-10(12)14(16,17)18/h4-5,7-8,11,19H,6H2,1-3H3/t11-/m0/s1. The van der Waals surface area contributed by atoms with Crippen molar-refractivity contribution in [2.45, 2.75) is 37.4 Å². The van der Waals surface area contributed by atoms with Crippen LogP contribution in [0.1, 0.15) is 25.8 Å². The highest BCUT2D eigenvalue weighted by Gasteiger charge is 2.38. The van der Waals surface area contributed by atoms with Crippen molar-refractivity contribution < 1.29 is 31.1 Å². The van der Waals surface area contributed by atoms with Crippen LogP contribution < -0.4 is 4.72 Å². The molecule has 0 bridgehead atoms. The fraction of sp³-hybridized carbons (Fsp3) is 0.500. The van der Waals surface area contributed by atoms with Crippen LogP contribution >= 0.6 is 11.6 Å². The molecule has 136 valence electrons. The zero-order valence-corrected chi connectivity index (χ0v) is 14.7. The largest absolute Gasteiger partial charge is 0.468 e. The number of alkyl halides is 3. The maximum atomic E-state index is 13.1. The molecular weight excluding hydrogens is 371 g/mol. The summed E-state index contributed by atoms with van der Waals surface area (Å²) in [6.45, 7) is 3.46. The van der Waals surface area contributed by atoms with Gasteiger partial charge in [-0.15, -0.1) is 0 Å². The van der Waals surface area contributed by atoms with Gasteiger partial charge in [0.05, 0.1) is 17.6 Å². The minimum Gasteiger partial charge on any atom is -0.468 e.